The van der Waals surface area contributed by atoms with E-state index in [9.17, 15) is 0 Å². The summed E-state index contributed by atoms with van der Waals surface area (Å²) in [6.07, 6.45) is 0. The average molecular weight is 179 g/mol. The Balaban J connectivity index is 2.08. The number of hydrogen-bond donors (Lipinski definition) is 0. The molecule has 5 heavy (non-hydrogen) atoms. The van der Waals surface area contributed by atoms with Crippen LogP contribution in [0.3, 0.4) is 0 Å². The van der Waals surface area contributed by atoms with Crippen LogP contribution in [0.25, 0.3) is 0 Å². The van der Waals surface area contributed by atoms with E-state index in [1.807, 2.05) is 0 Å². The van der Waals surface area contributed by atoms with Crippen LogP contribution in [0.4, 0.5) is 0 Å². The zero-order chi connectivity index (χ0) is 3.70. The predicted octanol–water partition coefficient (Wildman–Crippen LogP) is -0.0307. The predicted molar refractivity (Wildman–Crippen MR) is 23.2 cm³/mol. The van der Waals surface area contributed by atoms with Gasteiger partial charge in [0.2, 0.25) is 0 Å². The molecule has 0 aromatic carbocycles. The summed E-state index contributed by atoms with van der Waals surface area (Å²) in [6, 6.07) is 0. The fourth-order valence-electron chi connectivity index (χ4n) is 0.300. The Labute approximate surface area is 43.2 Å². The van der Waals surface area contributed by atoms with Gasteiger partial charge in [-0.2, -0.15) is 0 Å². The zero-order valence-corrected chi connectivity index (χ0v) is 5.86. The summed E-state index contributed by atoms with van der Waals surface area (Å²) in [5, 5.41) is 0. The maximum atomic E-state index is 2.46. The third-order valence-corrected chi connectivity index (χ3v) is 3.86. The van der Waals surface area contributed by atoms with Crippen LogP contribution in [0, 0.1) is 0 Å². The number of rotatable bonds is 0. The summed E-state index contributed by atoms with van der Waals surface area (Å²) < 4.78 is 4.02. The molecule has 1 fully saturated rings. The van der Waals surface area contributed by atoms with Gasteiger partial charge in [-0.3, -0.25) is 0 Å². The summed E-state index contributed by atoms with van der Waals surface area (Å²) >= 11 is 0.286. The Bertz CT molecular complexity index is 33.9. The van der Waals surface area contributed by atoms with Crippen molar-refractivity contribution in [1.82, 2.24) is 3.06 Å². The molecule has 0 aliphatic carbocycles. The molecule has 1 heterocycles. The average Bonchev–Trinajstić information content (AvgIpc) is 1.30. The molecule has 0 saturated carbocycles. The Hall–Kier alpha value is 0.778. The third-order valence-electron chi connectivity index (χ3n) is 0.765. The molecule has 2 heteroatoms. The molecule has 0 spiro atoms. The van der Waals surface area contributed by atoms with E-state index < -0.39 is 0 Å². The van der Waals surface area contributed by atoms with E-state index in [0.717, 1.165) is 0 Å². The first kappa shape index (κ1) is 3.95. The van der Waals surface area contributed by atoms with E-state index in [1.165, 1.54) is 6.54 Å². The summed E-state index contributed by atoms with van der Waals surface area (Å²) in [7, 11) is 2.21. The Kier molecular flexibility index (Phi) is 1.17. The van der Waals surface area contributed by atoms with Crippen molar-refractivity contribution in [1.29, 1.82) is 0 Å². The van der Waals surface area contributed by atoms with Crippen molar-refractivity contribution in [2.45, 2.75) is 4.37 Å². The van der Waals surface area contributed by atoms with E-state index in [-0.39, 0.29) is 21.9 Å². The summed E-state index contributed by atoms with van der Waals surface area (Å²) in [4.78, 5) is 0. The topological polar surface area (TPSA) is 3.24 Å². The molecular weight excluding hydrogens is 172 g/mol. The van der Waals surface area contributed by atoms with Crippen molar-refractivity contribution in [2.24, 2.45) is 0 Å². The SMILES string of the molecule is C[N]1C[CH2][Sb]1. The van der Waals surface area contributed by atoms with E-state index >= 15 is 0 Å². The molecule has 1 radical (unpaired) electrons. The molecule has 29 valence electrons. The molecule has 0 amide bonds. The van der Waals surface area contributed by atoms with Crippen LogP contribution in [0.2, 0.25) is 4.37 Å². The molecule has 1 saturated heterocycles. The molecule has 1 rings (SSSR count). The van der Waals surface area contributed by atoms with Gasteiger partial charge in [0.1, 0.15) is 0 Å². The van der Waals surface area contributed by atoms with Crippen LogP contribution in [0.1, 0.15) is 0 Å². The molecule has 0 aromatic heterocycles. The summed E-state index contributed by atoms with van der Waals surface area (Å²) in [5.74, 6) is 0. The molecule has 1 nitrogen and oxygen atoms in total. The van der Waals surface area contributed by atoms with Crippen molar-refractivity contribution < 1.29 is 0 Å². The third kappa shape index (κ3) is 0.803. The Morgan fingerprint density at radius 1 is 1.80 bits per heavy atom. The van der Waals surface area contributed by atoms with Gasteiger partial charge in [0.05, 0.1) is 0 Å². The first-order chi connectivity index (χ1) is 2.39. The Morgan fingerprint density at radius 2 is 2.20 bits per heavy atom. The molecule has 0 bridgehead atoms. The van der Waals surface area contributed by atoms with Crippen molar-refractivity contribution in [3.63, 3.8) is 0 Å². The van der Waals surface area contributed by atoms with Crippen molar-refractivity contribution in [3.8, 4) is 0 Å². The van der Waals surface area contributed by atoms with Gasteiger partial charge in [0.15, 0.2) is 0 Å². The van der Waals surface area contributed by atoms with Crippen LogP contribution in [0.5, 0.6) is 0 Å². The maximum absolute atomic E-state index is 2.46. The van der Waals surface area contributed by atoms with Gasteiger partial charge in [-0.25, -0.2) is 0 Å². The zero-order valence-electron chi connectivity index (χ0n) is 3.31. The molecule has 1 aliphatic rings. The minimum absolute atomic E-state index is 0.286. The van der Waals surface area contributed by atoms with E-state index in [4.69, 9.17) is 0 Å². The van der Waals surface area contributed by atoms with Crippen molar-refractivity contribution in [3.05, 3.63) is 0 Å². The quantitative estimate of drug-likeness (QED) is 0.472. The first-order valence-electron chi connectivity index (χ1n) is 1.78. The van der Waals surface area contributed by atoms with Crippen molar-refractivity contribution >= 4 is 21.9 Å². The standard InChI is InChI=1S/C3H7N.Sb/c1-3-4-2;/h1,3H2,2H3;/q-1;+1. The second kappa shape index (κ2) is 1.48. The summed E-state index contributed by atoms with van der Waals surface area (Å²) in [6.45, 7) is 1.39. The van der Waals surface area contributed by atoms with Gasteiger partial charge in [-0.1, -0.05) is 0 Å². The minimum atomic E-state index is 0.286. The van der Waals surface area contributed by atoms with Crippen LogP contribution in [-0.2, 0) is 0 Å². The van der Waals surface area contributed by atoms with Crippen LogP contribution >= 0.6 is 0 Å². The van der Waals surface area contributed by atoms with Crippen LogP contribution in [-0.4, -0.2) is 38.5 Å². The molecule has 0 atom stereocenters. The van der Waals surface area contributed by atoms with Crippen LogP contribution < -0.4 is 0 Å². The van der Waals surface area contributed by atoms with Gasteiger partial charge < -0.3 is 0 Å². The van der Waals surface area contributed by atoms with E-state index in [0.29, 0.717) is 0 Å². The van der Waals surface area contributed by atoms with Gasteiger partial charge in [-0.15, -0.1) is 0 Å². The Morgan fingerprint density at radius 3 is 2.20 bits per heavy atom. The monoisotopic (exact) mass is 178 g/mol. The van der Waals surface area contributed by atoms with Gasteiger partial charge in [0.25, 0.3) is 0 Å². The number of nitrogens with zero attached hydrogens (tertiary/aromatic N) is 1. The second-order valence-electron chi connectivity index (χ2n) is 1.25. The molecular formula is C3H7NSb. The molecule has 1 aliphatic heterocycles. The van der Waals surface area contributed by atoms with Crippen molar-refractivity contribution in [2.75, 3.05) is 13.6 Å². The van der Waals surface area contributed by atoms with Gasteiger partial charge in [0, 0.05) is 0 Å². The van der Waals surface area contributed by atoms with E-state index in [2.05, 4.69) is 10.1 Å². The van der Waals surface area contributed by atoms with Crippen LogP contribution in [0.15, 0.2) is 0 Å². The van der Waals surface area contributed by atoms with Gasteiger partial charge >= 0.3 is 42.9 Å². The number of hydrogen-bond acceptors (Lipinski definition) is 1. The second-order valence-corrected chi connectivity index (χ2v) is 5.28. The molecule has 0 N–H and O–H groups in total. The normalized spacial score (nSPS) is 25.8. The summed E-state index contributed by atoms with van der Waals surface area (Å²) in [5.41, 5.74) is 0. The first-order valence-corrected chi connectivity index (χ1v) is 4.73. The van der Waals surface area contributed by atoms with Gasteiger partial charge in [-0.05, 0) is 0 Å². The molecule has 0 aromatic rings. The molecule has 0 unspecified atom stereocenters. The fourth-order valence-corrected chi connectivity index (χ4v) is 2.01. The van der Waals surface area contributed by atoms with E-state index in [1.54, 1.807) is 4.37 Å². The fraction of sp³-hybridized carbons (Fsp3) is 1.00.